The Hall–Kier alpha value is -3.04. The summed E-state index contributed by atoms with van der Waals surface area (Å²) in [6.07, 6.45) is 5.82. The third-order valence-corrected chi connectivity index (χ3v) is 6.58. The summed E-state index contributed by atoms with van der Waals surface area (Å²) in [4.78, 5) is 21.1. The Labute approximate surface area is 201 Å². The normalized spacial score (nSPS) is 15.1. The Morgan fingerprint density at radius 2 is 1.61 bits per heavy atom. The van der Waals surface area contributed by atoms with E-state index in [0.29, 0.717) is 29.3 Å². The summed E-state index contributed by atoms with van der Waals surface area (Å²) < 4.78 is 0. The number of nitrogens with zero attached hydrogens (tertiary/aromatic N) is 3. The number of benzene rings is 2. The molecule has 33 heavy (non-hydrogen) atoms. The second-order valence-electron chi connectivity index (χ2n) is 7.98. The molecule has 0 bridgehead atoms. The minimum Gasteiger partial charge on any atom is -0.306 e. The molecule has 3 rings (SSSR count). The van der Waals surface area contributed by atoms with Crippen LogP contribution in [-0.4, -0.2) is 29.1 Å². The molecule has 1 amide bonds. The van der Waals surface area contributed by atoms with Gasteiger partial charge in [-0.05, 0) is 30.0 Å². The molecule has 0 aliphatic carbocycles. The fraction of sp³-hybridized carbons (Fsp3) is 0.370. The van der Waals surface area contributed by atoms with Gasteiger partial charge in [-0.2, -0.15) is 5.26 Å². The van der Waals surface area contributed by atoms with E-state index in [1.165, 1.54) is 11.8 Å². The van der Waals surface area contributed by atoms with Crippen LogP contribution in [0.3, 0.4) is 0 Å². The van der Waals surface area contributed by atoms with E-state index < -0.39 is 6.09 Å². The summed E-state index contributed by atoms with van der Waals surface area (Å²) in [6, 6.07) is 19.8. The third-order valence-electron chi connectivity index (χ3n) is 5.53. The molecule has 0 aromatic heterocycles. The fourth-order valence-electron chi connectivity index (χ4n) is 3.75. The number of carbonyl (C=O) groups is 1. The topological polar surface area (TPSA) is 65.7 Å². The molecule has 0 unspecified atom stereocenters. The first kappa shape index (κ1) is 24.6. The highest BCUT2D eigenvalue weighted by molar-refractivity contribution is 8.15. The van der Waals surface area contributed by atoms with Gasteiger partial charge in [-0.1, -0.05) is 105 Å². The summed E-state index contributed by atoms with van der Waals surface area (Å²) in [6.45, 7) is 5.64. The van der Waals surface area contributed by atoms with Crippen molar-refractivity contribution >= 4 is 34.0 Å². The summed E-state index contributed by atoms with van der Waals surface area (Å²) in [5.74, 6) is 0. The second kappa shape index (κ2) is 12.9. The van der Waals surface area contributed by atoms with E-state index in [2.05, 4.69) is 25.1 Å². The molecular formula is C27H31N3O2S. The van der Waals surface area contributed by atoms with E-state index in [1.54, 1.807) is 4.90 Å². The molecule has 5 nitrogen and oxygen atoms in total. The lowest BCUT2D eigenvalue weighted by Crippen LogP contribution is -2.32. The van der Waals surface area contributed by atoms with E-state index in [1.807, 2.05) is 54.6 Å². The van der Waals surface area contributed by atoms with Crippen molar-refractivity contribution in [3.63, 3.8) is 0 Å². The van der Waals surface area contributed by atoms with Gasteiger partial charge in [0, 0.05) is 23.6 Å². The van der Waals surface area contributed by atoms with Crippen LogP contribution in [0.25, 0.3) is 11.1 Å². The maximum absolute atomic E-state index is 12.9. The largest absolute Gasteiger partial charge is 0.436 e. The standard InChI is InChI=1S/C27H31N3O2S/c1-3-5-12-18-30(19-13-6-4-2)27(31)32-29-26-25(22-16-10-11-17-24(22)33-26)23(20-28)21-14-8-7-9-15-21/h7-11,14-17H,3-6,12-13,18-19H2,1-2H3/b25-23+,29-26+. The van der Waals surface area contributed by atoms with Crippen molar-refractivity contribution in [3.8, 4) is 6.07 Å². The van der Waals surface area contributed by atoms with Crippen LogP contribution >= 0.6 is 11.8 Å². The van der Waals surface area contributed by atoms with Gasteiger partial charge in [0.05, 0.1) is 5.57 Å². The molecule has 0 fully saturated rings. The Kier molecular flexibility index (Phi) is 9.59. The van der Waals surface area contributed by atoms with Gasteiger partial charge in [-0.3, -0.25) is 4.84 Å². The lowest BCUT2D eigenvalue weighted by molar-refractivity contribution is 0.104. The average Bonchev–Trinajstić information content (AvgIpc) is 3.21. The van der Waals surface area contributed by atoms with Crippen molar-refractivity contribution in [2.24, 2.45) is 5.16 Å². The Bertz CT molecular complexity index is 1030. The molecule has 0 radical (unpaired) electrons. The minimum atomic E-state index is -0.427. The first-order valence-electron chi connectivity index (χ1n) is 11.7. The highest BCUT2D eigenvalue weighted by atomic mass is 32.2. The molecule has 0 spiro atoms. The molecule has 2 aromatic carbocycles. The Morgan fingerprint density at radius 1 is 0.970 bits per heavy atom. The van der Waals surface area contributed by atoms with Crippen molar-refractivity contribution in [1.82, 2.24) is 4.90 Å². The number of rotatable bonds is 10. The zero-order valence-electron chi connectivity index (χ0n) is 19.4. The smallest absolute Gasteiger partial charge is 0.306 e. The molecule has 2 aromatic rings. The van der Waals surface area contributed by atoms with Crippen molar-refractivity contribution in [3.05, 3.63) is 65.7 Å². The number of hydrogen-bond donors (Lipinski definition) is 0. The fourth-order valence-corrected chi connectivity index (χ4v) is 4.77. The number of nitriles is 1. The molecule has 1 aliphatic rings. The zero-order valence-corrected chi connectivity index (χ0v) is 20.2. The molecule has 0 saturated heterocycles. The van der Waals surface area contributed by atoms with Crippen LogP contribution in [0.5, 0.6) is 0 Å². The van der Waals surface area contributed by atoms with Crippen molar-refractivity contribution < 1.29 is 9.63 Å². The molecule has 1 heterocycles. The van der Waals surface area contributed by atoms with Gasteiger partial charge in [0.25, 0.3) is 0 Å². The Balaban J connectivity index is 1.88. The monoisotopic (exact) mass is 461 g/mol. The molecule has 0 N–H and O–H groups in total. The number of oxime groups is 1. The number of unbranched alkanes of at least 4 members (excludes halogenated alkanes) is 4. The second-order valence-corrected chi connectivity index (χ2v) is 9.01. The van der Waals surface area contributed by atoms with E-state index >= 15 is 0 Å². The van der Waals surface area contributed by atoms with E-state index in [-0.39, 0.29) is 0 Å². The van der Waals surface area contributed by atoms with Crippen LogP contribution in [0.2, 0.25) is 0 Å². The highest BCUT2D eigenvalue weighted by Gasteiger charge is 2.29. The maximum atomic E-state index is 12.9. The van der Waals surface area contributed by atoms with Crippen LogP contribution in [0, 0.1) is 11.3 Å². The average molecular weight is 462 g/mol. The van der Waals surface area contributed by atoms with Crippen LogP contribution in [0.15, 0.2) is 64.6 Å². The predicted octanol–water partition coefficient (Wildman–Crippen LogP) is 7.36. The highest BCUT2D eigenvalue weighted by Crippen LogP contribution is 2.44. The SMILES string of the molecule is CCCCCN(CCCCC)C(=O)O/N=C1/Sc2ccccc2/C1=C(/C#N)c1ccccc1. The number of allylic oxidation sites excluding steroid dienone is 1. The lowest BCUT2D eigenvalue weighted by atomic mass is 9.96. The van der Waals surface area contributed by atoms with Gasteiger partial charge < -0.3 is 4.90 Å². The number of fused-ring (bicyclic) bond motifs is 1. The van der Waals surface area contributed by atoms with E-state index in [0.717, 1.165) is 54.5 Å². The third kappa shape index (κ3) is 6.49. The quantitative estimate of drug-likeness (QED) is 0.160. The molecule has 6 heteroatoms. The summed E-state index contributed by atoms with van der Waals surface area (Å²) >= 11 is 1.42. The van der Waals surface area contributed by atoms with Crippen LogP contribution in [-0.2, 0) is 4.84 Å². The van der Waals surface area contributed by atoms with Gasteiger partial charge in [-0.25, -0.2) is 4.79 Å². The zero-order chi connectivity index (χ0) is 23.5. The molecule has 0 atom stereocenters. The van der Waals surface area contributed by atoms with Crippen molar-refractivity contribution in [2.45, 2.75) is 57.3 Å². The molecular weight excluding hydrogens is 430 g/mol. The number of carbonyl (C=O) groups excluding carboxylic acids is 1. The summed E-state index contributed by atoms with van der Waals surface area (Å²) in [7, 11) is 0. The van der Waals surface area contributed by atoms with Gasteiger partial charge in [0.1, 0.15) is 6.07 Å². The lowest BCUT2D eigenvalue weighted by Gasteiger charge is -2.20. The van der Waals surface area contributed by atoms with Crippen LogP contribution in [0.1, 0.15) is 63.5 Å². The number of amides is 1. The van der Waals surface area contributed by atoms with Crippen LogP contribution in [0.4, 0.5) is 4.79 Å². The van der Waals surface area contributed by atoms with Gasteiger partial charge in [0.2, 0.25) is 0 Å². The van der Waals surface area contributed by atoms with Crippen molar-refractivity contribution in [1.29, 1.82) is 5.26 Å². The van der Waals surface area contributed by atoms with E-state index in [9.17, 15) is 10.1 Å². The number of thioether (sulfide) groups is 1. The van der Waals surface area contributed by atoms with Gasteiger partial charge in [0.15, 0.2) is 5.04 Å². The van der Waals surface area contributed by atoms with Crippen molar-refractivity contribution in [2.75, 3.05) is 13.1 Å². The number of hydrogen-bond acceptors (Lipinski definition) is 5. The maximum Gasteiger partial charge on any atom is 0.436 e. The summed E-state index contributed by atoms with van der Waals surface area (Å²) in [5, 5.41) is 14.8. The van der Waals surface area contributed by atoms with E-state index in [4.69, 9.17) is 4.84 Å². The molecule has 0 saturated carbocycles. The van der Waals surface area contributed by atoms with Crippen LogP contribution < -0.4 is 0 Å². The van der Waals surface area contributed by atoms with Gasteiger partial charge >= 0.3 is 6.09 Å². The Morgan fingerprint density at radius 3 is 2.24 bits per heavy atom. The predicted molar refractivity (Wildman–Crippen MR) is 136 cm³/mol. The minimum absolute atomic E-state index is 0.427. The van der Waals surface area contributed by atoms with Gasteiger partial charge in [-0.15, -0.1) is 0 Å². The molecule has 172 valence electrons. The first-order valence-corrected chi connectivity index (χ1v) is 12.5. The molecule has 1 aliphatic heterocycles. The first-order chi connectivity index (χ1) is 16.2. The summed E-state index contributed by atoms with van der Waals surface area (Å²) in [5.41, 5.74) is 2.97.